The van der Waals surface area contributed by atoms with E-state index in [1.54, 1.807) is 6.07 Å². The van der Waals surface area contributed by atoms with Crippen LogP contribution in [0.15, 0.2) is 24.3 Å². The van der Waals surface area contributed by atoms with Crippen molar-refractivity contribution in [3.8, 4) is 0 Å². The molecule has 3 unspecified atom stereocenters. The molecule has 5 heteroatoms. The number of methoxy groups -OCH3 is 1. The molecule has 0 radical (unpaired) electrons. The van der Waals surface area contributed by atoms with Crippen LogP contribution in [0.4, 0.5) is 0 Å². The summed E-state index contributed by atoms with van der Waals surface area (Å²) in [5.74, 6) is 0.409. The number of carbonyl (C=O) groups excluding carboxylic acids is 1. The molecule has 1 aliphatic heterocycles. The summed E-state index contributed by atoms with van der Waals surface area (Å²) < 4.78 is 11.9. The minimum atomic E-state index is -0.380. The number of nitrogens with two attached hydrogens (primary N) is 1. The van der Waals surface area contributed by atoms with E-state index in [1.807, 2.05) is 19.2 Å². The molecule has 1 aromatic carbocycles. The molecule has 1 saturated heterocycles. The van der Waals surface area contributed by atoms with Crippen LogP contribution in [-0.2, 0) is 15.1 Å². The zero-order valence-corrected chi connectivity index (χ0v) is 19.6. The van der Waals surface area contributed by atoms with Crippen LogP contribution in [0.1, 0.15) is 74.7 Å². The molecule has 3 fully saturated rings. The fraction of sp³-hybridized carbons (Fsp3) is 0.731. The quantitative estimate of drug-likeness (QED) is 0.701. The summed E-state index contributed by atoms with van der Waals surface area (Å²) in [6, 6.07) is 8.51. The highest BCUT2D eigenvalue weighted by Crippen LogP contribution is 2.49. The van der Waals surface area contributed by atoms with E-state index in [-0.39, 0.29) is 11.5 Å². The highest BCUT2D eigenvalue weighted by Gasteiger charge is 2.49. The number of benzene rings is 1. The minimum Gasteiger partial charge on any atom is -0.380 e. The maximum atomic E-state index is 11.9. The normalized spacial score (nSPS) is 31.0. The Morgan fingerprint density at radius 1 is 1.23 bits per heavy atom. The van der Waals surface area contributed by atoms with Crippen molar-refractivity contribution < 1.29 is 14.3 Å². The lowest BCUT2D eigenvalue weighted by molar-refractivity contribution is -0.148. The van der Waals surface area contributed by atoms with E-state index in [2.05, 4.69) is 24.8 Å². The van der Waals surface area contributed by atoms with Gasteiger partial charge in [-0.15, -0.1) is 0 Å². The SMILES string of the molecule is CCN(CC1CCCC(C)C1(OC)c1cccc(C(N)=O)c1)C1CCC2(CC1)COC2. The van der Waals surface area contributed by atoms with Crippen LogP contribution in [0.2, 0.25) is 0 Å². The van der Waals surface area contributed by atoms with Gasteiger partial charge < -0.3 is 20.1 Å². The van der Waals surface area contributed by atoms with Crippen LogP contribution in [0, 0.1) is 17.3 Å². The van der Waals surface area contributed by atoms with Crippen molar-refractivity contribution in [2.24, 2.45) is 23.0 Å². The van der Waals surface area contributed by atoms with Crippen molar-refractivity contribution in [3.63, 3.8) is 0 Å². The van der Waals surface area contributed by atoms with Gasteiger partial charge in [0, 0.05) is 36.6 Å². The standard InChI is InChI=1S/C26H40N2O3/c1-4-28(23-11-13-25(14-12-23)17-31-18-25)16-22-10-5-7-19(2)26(22,30-3)21-9-6-8-20(15-21)24(27)29/h6,8-9,15,19,22-23H,4-5,7,10-14,16-18H2,1-3H3,(H2,27,29). The summed E-state index contributed by atoms with van der Waals surface area (Å²) in [5, 5.41) is 0. The number of amides is 1. The Bertz CT molecular complexity index is 768. The predicted molar refractivity (Wildman–Crippen MR) is 123 cm³/mol. The smallest absolute Gasteiger partial charge is 0.248 e. The van der Waals surface area contributed by atoms with E-state index in [4.69, 9.17) is 15.2 Å². The largest absolute Gasteiger partial charge is 0.380 e. The van der Waals surface area contributed by atoms with Gasteiger partial charge in [-0.1, -0.05) is 32.4 Å². The molecule has 3 aliphatic rings. The monoisotopic (exact) mass is 428 g/mol. The summed E-state index contributed by atoms with van der Waals surface area (Å²) in [5.41, 5.74) is 7.39. The number of carbonyl (C=O) groups is 1. The second-order valence-electron chi connectivity index (χ2n) is 10.3. The van der Waals surface area contributed by atoms with Crippen LogP contribution >= 0.6 is 0 Å². The molecule has 0 bridgehead atoms. The fourth-order valence-corrected chi connectivity index (χ4v) is 6.73. The summed E-state index contributed by atoms with van der Waals surface area (Å²) in [6.07, 6.45) is 8.67. The number of hydrogen-bond acceptors (Lipinski definition) is 4. The number of nitrogens with zero attached hydrogens (tertiary/aromatic N) is 1. The first kappa shape index (κ1) is 22.8. The third-order valence-electron chi connectivity index (χ3n) is 8.67. The number of primary amides is 1. The van der Waals surface area contributed by atoms with Gasteiger partial charge in [0.15, 0.2) is 0 Å². The van der Waals surface area contributed by atoms with E-state index < -0.39 is 0 Å². The maximum Gasteiger partial charge on any atom is 0.248 e. The Morgan fingerprint density at radius 3 is 2.55 bits per heavy atom. The fourth-order valence-electron chi connectivity index (χ4n) is 6.73. The van der Waals surface area contributed by atoms with Crippen molar-refractivity contribution in [1.82, 2.24) is 4.90 Å². The van der Waals surface area contributed by atoms with Crippen molar-refractivity contribution in [3.05, 3.63) is 35.4 Å². The molecular formula is C26H40N2O3. The molecule has 5 nitrogen and oxygen atoms in total. The molecular weight excluding hydrogens is 388 g/mol. The first-order valence-corrected chi connectivity index (χ1v) is 12.2. The first-order chi connectivity index (χ1) is 14.9. The van der Waals surface area contributed by atoms with E-state index in [1.165, 1.54) is 32.1 Å². The molecule has 1 aromatic rings. The second kappa shape index (κ2) is 9.21. The predicted octanol–water partition coefficient (Wildman–Crippen LogP) is 4.34. The van der Waals surface area contributed by atoms with Crippen molar-refractivity contribution >= 4 is 5.91 Å². The van der Waals surface area contributed by atoms with E-state index in [0.717, 1.165) is 44.7 Å². The Hall–Kier alpha value is -1.43. The van der Waals surface area contributed by atoms with Gasteiger partial charge in [-0.25, -0.2) is 0 Å². The highest BCUT2D eigenvalue weighted by atomic mass is 16.5. The van der Waals surface area contributed by atoms with Gasteiger partial charge in [-0.05, 0) is 68.7 Å². The Labute approximate surface area is 187 Å². The Morgan fingerprint density at radius 2 is 1.97 bits per heavy atom. The number of ether oxygens (including phenoxy) is 2. The number of rotatable bonds is 7. The molecule has 2 N–H and O–H groups in total. The van der Waals surface area contributed by atoms with E-state index >= 15 is 0 Å². The van der Waals surface area contributed by atoms with Gasteiger partial charge in [0.25, 0.3) is 0 Å². The van der Waals surface area contributed by atoms with Crippen LogP contribution in [0.25, 0.3) is 0 Å². The Kier molecular flexibility index (Phi) is 6.76. The van der Waals surface area contributed by atoms with Crippen LogP contribution in [-0.4, -0.2) is 50.3 Å². The van der Waals surface area contributed by atoms with Gasteiger partial charge in [0.1, 0.15) is 0 Å². The summed E-state index contributed by atoms with van der Waals surface area (Å²) >= 11 is 0. The van der Waals surface area contributed by atoms with Gasteiger partial charge in [0.05, 0.1) is 18.8 Å². The van der Waals surface area contributed by atoms with Gasteiger partial charge >= 0.3 is 0 Å². The average Bonchev–Trinajstić information content (AvgIpc) is 2.77. The molecule has 2 saturated carbocycles. The molecule has 3 atom stereocenters. The molecule has 0 aromatic heterocycles. The zero-order valence-electron chi connectivity index (χ0n) is 19.6. The molecule has 4 rings (SSSR count). The van der Waals surface area contributed by atoms with Crippen LogP contribution in [0.5, 0.6) is 0 Å². The van der Waals surface area contributed by atoms with E-state index in [9.17, 15) is 4.79 Å². The molecule has 1 amide bonds. The van der Waals surface area contributed by atoms with Crippen molar-refractivity contribution in [2.45, 2.75) is 70.4 Å². The van der Waals surface area contributed by atoms with Crippen LogP contribution in [0.3, 0.4) is 0 Å². The third kappa shape index (κ3) is 4.17. The molecule has 2 aliphatic carbocycles. The summed E-state index contributed by atoms with van der Waals surface area (Å²) in [7, 11) is 1.85. The number of hydrogen-bond donors (Lipinski definition) is 1. The Balaban J connectivity index is 1.57. The molecule has 172 valence electrons. The van der Waals surface area contributed by atoms with E-state index in [0.29, 0.717) is 28.9 Å². The summed E-state index contributed by atoms with van der Waals surface area (Å²) in [6.45, 7) is 8.66. The minimum absolute atomic E-state index is 0.376. The summed E-state index contributed by atoms with van der Waals surface area (Å²) in [4.78, 5) is 14.6. The first-order valence-electron chi connectivity index (χ1n) is 12.2. The third-order valence-corrected chi connectivity index (χ3v) is 8.67. The zero-order chi connectivity index (χ0) is 22.1. The second-order valence-corrected chi connectivity index (χ2v) is 10.3. The van der Waals surface area contributed by atoms with Gasteiger partial charge in [-0.3, -0.25) is 4.79 Å². The van der Waals surface area contributed by atoms with Crippen molar-refractivity contribution in [1.29, 1.82) is 0 Å². The lowest BCUT2D eigenvalue weighted by atomic mass is 9.64. The van der Waals surface area contributed by atoms with Gasteiger partial charge in [-0.2, -0.15) is 0 Å². The maximum absolute atomic E-state index is 11.9. The topological polar surface area (TPSA) is 64.8 Å². The molecule has 1 heterocycles. The molecule has 1 spiro atoms. The van der Waals surface area contributed by atoms with Crippen molar-refractivity contribution in [2.75, 3.05) is 33.4 Å². The lowest BCUT2D eigenvalue weighted by Crippen LogP contribution is -2.53. The molecule has 31 heavy (non-hydrogen) atoms. The van der Waals surface area contributed by atoms with Gasteiger partial charge in [0.2, 0.25) is 5.91 Å². The lowest BCUT2D eigenvalue weighted by Gasteiger charge is -2.52. The average molecular weight is 429 g/mol. The van der Waals surface area contributed by atoms with Crippen LogP contribution < -0.4 is 5.73 Å². The highest BCUT2D eigenvalue weighted by molar-refractivity contribution is 5.92.